The summed E-state index contributed by atoms with van der Waals surface area (Å²) in [6.07, 6.45) is -4.81. The lowest BCUT2D eigenvalue weighted by atomic mass is 10.1. The summed E-state index contributed by atoms with van der Waals surface area (Å²) in [6.45, 7) is -1.09. The molecule has 1 aliphatic rings. The van der Waals surface area contributed by atoms with Crippen molar-refractivity contribution in [3.05, 3.63) is 89.8 Å². The minimum atomic E-state index is -5.87. The molecule has 6 rings (SSSR count). The maximum Gasteiger partial charge on any atom is 0.420 e. The number of hydrogen-bond donors (Lipinski definition) is 1. The summed E-state index contributed by atoms with van der Waals surface area (Å²) in [7, 11) is -5.54. The van der Waals surface area contributed by atoms with E-state index in [1.165, 1.54) is 4.68 Å². The predicted molar refractivity (Wildman–Crippen MR) is 145 cm³/mol. The Hall–Kier alpha value is -4.77. The molecule has 45 heavy (non-hydrogen) atoms. The molecular weight excluding hydrogens is 633 g/mol. The van der Waals surface area contributed by atoms with Gasteiger partial charge >= 0.3 is 6.18 Å². The lowest BCUT2D eigenvalue weighted by Gasteiger charge is -2.21. The molecule has 17 heteroatoms. The first-order chi connectivity index (χ1) is 21.3. The Balaban J connectivity index is 1.36. The van der Waals surface area contributed by atoms with Crippen LogP contribution in [0.2, 0.25) is 0 Å². The van der Waals surface area contributed by atoms with Gasteiger partial charge < -0.3 is 10.5 Å². The van der Waals surface area contributed by atoms with E-state index < -0.39 is 69.1 Å². The van der Waals surface area contributed by atoms with Crippen molar-refractivity contribution in [2.45, 2.75) is 23.5 Å². The molecule has 0 bridgehead atoms. The second-order valence-electron chi connectivity index (χ2n) is 9.95. The van der Waals surface area contributed by atoms with Crippen LogP contribution < -0.4 is 10.5 Å². The van der Waals surface area contributed by atoms with Gasteiger partial charge in [-0.15, -0.1) is 0 Å². The SMILES string of the molecule is Nc1ncnc2c1c(-c1ccc(Oc3ccccc3)cc1)nn2[C@@H]1CCN(S(=O)(=O)c2c(F)c(F)c(F)c(F)c2C(F)(F)F)C1. The van der Waals surface area contributed by atoms with Gasteiger partial charge in [0.05, 0.1) is 11.4 Å². The van der Waals surface area contributed by atoms with E-state index in [2.05, 4.69) is 15.1 Å². The third kappa shape index (κ3) is 5.20. The molecule has 3 heterocycles. The summed E-state index contributed by atoms with van der Waals surface area (Å²) >= 11 is 0. The molecule has 0 spiro atoms. The van der Waals surface area contributed by atoms with Crippen molar-refractivity contribution < 1.29 is 43.9 Å². The Bertz CT molecular complexity index is 2040. The van der Waals surface area contributed by atoms with Crippen LogP contribution in [0.15, 0.2) is 65.8 Å². The van der Waals surface area contributed by atoms with Gasteiger partial charge in [-0.1, -0.05) is 18.2 Å². The van der Waals surface area contributed by atoms with E-state index in [4.69, 9.17) is 10.5 Å². The second kappa shape index (κ2) is 11.0. The number of benzene rings is 3. The summed E-state index contributed by atoms with van der Waals surface area (Å²) in [5.74, 6) is -9.89. The molecule has 1 aliphatic heterocycles. The van der Waals surface area contributed by atoms with E-state index in [0.717, 1.165) is 6.33 Å². The zero-order valence-corrected chi connectivity index (χ0v) is 23.4. The van der Waals surface area contributed by atoms with Gasteiger partial charge in [0.25, 0.3) is 0 Å². The number of halogens is 7. The molecule has 0 aliphatic carbocycles. The Morgan fingerprint density at radius 2 is 1.51 bits per heavy atom. The van der Waals surface area contributed by atoms with Gasteiger partial charge in [-0.25, -0.2) is 40.6 Å². The third-order valence-corrected chi connectivity index (χ3v) is 9.11. The lowest BCUT2D eigenvalue weighted by Crippen LogP contribution is -2.33. The Morgan fingerprint density at radius 3 is 2.18 bits per heavy atom. The number of anilines is 1. The first-order valence-corrected chi connectivity index (χ1v) is 14.5. The van der Waals surface area contributed by atoms with E-state index >= 15 is 0 Å². The number of nitrogens with two attached hydrogens (primary N) is 1. The van der Waals surface area contributed by atoms with Gasteiger partial charge in [0.2, 0.25) is 10.0 Å². The topological polar surface area (TPSA) is 116 Å². The van der Waals surface area contributed by atoms with Crippen LogP contribution in [0.1, 0.15) is 18.0 Å². The van der Waals surface area contributed by atoms with Crippen molar-refractivity contribution in [1.82, 2.24) is 24.1 Å². The van der Waals surface area contributed by atoms with E-state index in [1.807, 2.05) is 18.2 Å². The highest BCUT2D eigenvalue weighted by Crippen LogP contribution is 2.42. The van der Waals surface area contributed by atoms with Crippen LogP contribution in [0.25, 0.3) is 22.3 Å². The molecule has 2 aromatic heterocycles. The summed E-state index contributed by atoms with van der Waals surface area (Å²) < 4.78 is 132. The molecule has 3 aromatic carbocycles. The fourth-order valence-electron chi connectivity index (χ4n) is 5.12. The van der Waals surface area contributed by atoms with Crippen LogP contribution >= 0.6 is 0 Å². The highest BCUT2D eigenvalue weighted by atomic mass is 32.2. The van der Waals surface area contributed by atoms with Crippen LogP contribution in [-0.4, -0.2) is 45.6 Å². The standard InChI is InChI=1S/C28H19F7N6O3S/c29-20-19(28(33,34)35)25(23(32)22(31)21(20)30)45(42,43)40-11-10-15(12-40)41-27-18(26(36)37-13-38-27)24(39-41)14-6-8-17(9-7-14)44-16-4-2-1-3-5-16/h1-9,13,15H,10-12H2,(H2,36,37,38)/t15-/m1/s1. The second-order valence-corrected chi connectivity index (χ2v) is 11.8. The van der Waals surface area contributed by atoms with Gasteiger partial charge in [-0.3, -0.25) is 0 Å². The average molecular weight is 653 g/mol. The highest BCUT2D eigenvalue weighted by molar-refractivity contribution is 7.89. The summed E-state index contributed by atoms with van der Waals surface area (Å²) in [5.41, 5.74) is 4.37. The van der Waals surface area contributed by atoms with Gasteiger partial charge in [0, 0.05) is 18.7 Å². The molecule has 5 aromatic rings. The summed E-state index contributed by atoms with van der Waals surface area (Å²) in [5, 5.41) is 4.86. The highest BCUT2D eigenvalue weighted by Gasteiger charge is 2.48. The first kappa shape index (κ1) is 30.3. The van der Waals surface area contributed by atoms with Crippen molar-refractivity contribution in [3.63, 3.8) is 0 Å². The summed E-state index contributed by atoms with van der Waals surface area (Å²) in [4.78, 5) is 5.87. The smallest absolute Gasteiger partial charge is 0.420 e. The number of para-hydroxylation sites is 1. The molecule has 0 unspecified atom stereocenters. The fourth-order valence-corrected chi connectivity index (χ4v) is 6.87. The van der Waals surface area contributed by atoms with Gasteiger partial charge in [-0.2, -0.15) is 22.6 Å². The van der Waals surface area contributed by atoms with Crippen LogP contribution in [0.3, 0.4) is 0 Å². The van der Waals surface area contributed by atoms with Crippen LogP contribution in [0.4, 0.5) is 36.6 Å². The number of sulfonamides is 1. The van der Waals surface area contributed by atoms with E-state index in [1.54, 1.807) is 36.4 Å². The molecule has 0 amide bonds. The third-order valence-electron chi connectivity index (χ3n) is 7.20. The molecule has 1 saturated heterocycles. The van der Waals surface area contributed by atoms with Crippen molar-refractivity contribution in [1.29, 1.82) is 0 Å². The first-order valence-electron chi connectivity index (χ1n) is 13.0. The molecule has 0 saturated carbocycles. The number of rotatable bonds is 6. The largest absolute Gasteiger partial charge is 0.457 e. The zero-order valence-electron chi connectivity index (χ0n) is 22.6. The quantitative estimate of drug-likeness (QED) is 0.134. The van der Waals surface area contributed by atoms with E-state index in [-0.39, 0.29) is 17.9 Å². The Morgan fingerprint density at radius 1 is 0.867 bits per heavy atom. The maximum atomic E-state index is 14.7. The summed E-state index contributed by atoms with van der Waals surface area (Å²) in [6, 6.07) is 14.8. The van der Waals surface area contributed by atoms with Crippen molar-refractivity contribution in [2.24, 2.45) is 0 Å². The van der Waals surface area contributed by atoms with Crippen LogP contribution in [-0.2, 0) is 16.2 Å². The van der Waals surface area contributed by atoms with Crippen molar-refractivity contribution in [2.75, 3.05) is 18.8 Å². The number of ether oxygens (including phenoxy) is 1. The van der Waals surface area contributed by atoms with Crippen LogP contribution in [0, 0.1) is 23.3 Å². The number of hydrogen-bond acceptors (Lipinski definition) is 7. The molecule has 234 valence electrons. The van der Waals surface area contributed by atoms with Gasteiger partial charge in [-0.05, 0) is 42.8 Å². The number of aromatic nitrogens is 4. The molecular formula is C28H19F7N6O3S. The minimum absolute atomic E-state index is 0.0301. The monoisotopic (exact) mass is 652 g/mol. The Labute approximate surface area is 249 Å². The average Bonchev–Trinajstić information content (AvgIpc) is 3.65. The van der Waals surface area contributed by atoms with E-state index in [9.17, 15) is 39.2 Å². The minimum Gasteiger partial charge on any atom is -0.457 e. The molecule has 9 nitrogen and oxygen atoms in total. The number of fused-ring (bicyclic) bond motifs is 1. The van der Waals surface area contributed by atoms with Crippen LogP contribution in [0.5, 0.6) is 11.5 Å². The number of alkyl halides is 3. The van der Waals surface area contributed by atoms with Crippen molar-refractivity contribution >= 4 is 26.9 Å². The van der Waals surface area contributed by atoms with Crippen molar-refractivity contribution in [3.8, 4) is 22.8 Å². The molecule has 1 fully saturated rings. The zero-order chi connectivity index (χ0) is 32.3. The normalized spacial score (nSPS) is 16.0. The fraction of sp³-hybridized carbons (Fsp3) is 0.179. The van der Waals surface area contributed by atoms with Gasteiger partial charge in [0.1, 0.15) is 39.8 Å². The lowest BCUT2D eigenvalue weighted by molar-refractivity contribution is -0.143. The van der Waals surface area contributed by atoms with E-state index in [0.29, 0.717) is 32.4 Å². The number of nitrogens with zero attached hydrogens (tertiary/aromatic N) is 5. The predicted octanol–water partition coefficient (Wildman–Crippen LogP) is 6.08. The molecule has 2 N–H and O–H groups in total. The maximum absolute atomic E-state index is 14.7. The number of nitrogen functional groups attached to an aromatic ring is 1. The van der Waals surface area contributed by atoms with Gasteiger partial charge in [0.15, 0.2) is 28.9 Å². The Kier molecular flexibility index (Phi) is 7.39. The molecule has 1 atom stereocenters. The molecule has 0 radical (unpaired) electrons.